The van der Waals surface area contributed by atoms with Crippen LogP contribution in [-0.4, -0.2) is 26.8 Å². The minimum atomic E-state index is -0.301. The summed E-state index contributed by atoms with van der Waals surface area (Å²) in [4.78, 5) is 11.7. The van der Waals surface area contributed by atoms with Crippen LogP contribution < -0.4 is 0 Å². The molecule has 1 saturated carbocycles. The second-order valence-electron chi connectivity index (χ2n) is 5.15. The summed E-state index contributed by atoms with van der Waals surface area (Å²) in [6.45, 7) is 0. The van der Waals surface area contributed by atoms with E-state index in [-0.39, 0.29) is 17.9 Å². The molecule has 92 valence electrons. The molecule has 4 heteroatoms. The Hall–Kier alpha value is -1.16. The second-order valence-corrected chi connectivity index (χ2v) is 5.15. The van der Waals surface area contributed by atoms with Crippen LogP contribution in [0.4, 0.5) is 0 Å². The Morgan fingerprint density at radius 2 is 2.06 bits per heavy atom. The number of nitrogens with zero attached hydrogens (tertiary/aromatic N) is 2. The summed E-state index contributed by atoms with van der Waals surface area (Å²) >= 11 is 0. The number of ketones is 1. The molecule has 2 atom stereocenters. The zero-order chi connectivity index (χ0) is 11.8. The van der Waals surface area contributed by atoms with E-state index in [1.54, 1.807) is 6.20 Å². The van der Waals surface area contributed by atoms with Gasteiger partial charge in [0.25, 0.3) is 0 Å². The molecule has 0 radical (unpaired) electrons. The van der Waals surface area contributed by atoms with Crippen molar-refractivity contribution in [3.63, 3.8) is 0 Å². The number of aromatic nitrogens is 2. The van der Waals surface area contributed by atoms with Crippen molar-refractivity contribution in [2.75, 3.05) is 0 Å². The first-order valence-electron chi connectivity index (χ1n) is 6.55. The first-order chi connectivity index (χ1) is 8.27. The monoisotopic (exact) mass is 234 g/mol. The van der Waals surface area contributed by atoms with Crippen LogP contribution in [0.25, 0.3) is 0 Å². The highest BCUT2D eigenvalue weighted by Gasteiger charge is 2.30. The number of hydrogen-bond acceptors (Lipinski definition) is 3. The van der Waals surface area contributed by atoms with Gasteiger partial charge >= 0.3 is 0 Å². The van der Waals surface area contributed by atoms with Crippen LogP contribution in [0.5, 0.6) is 0 Å². The fourth-order valence-corrected chi connectivity index (χ4v) is 3.08. The molecule has 0 spiro atoms. The minimum Gasteiger partial charge on any atom is -0.391 e. The van der Waals surface area contributed by atoms with Crippen LogP contribution in [0.15, 0.2) is 6.20 Å². The van der Waals surface area contributed by atoms with Gasteiger partial charge in [-0.1, -0.05) is 12.8 Å². The van der Waals surface area contributed by atoms with E-state index >= 15 is 0 Å². The summed E-state index contributed by atoms with van der Waals surface area (Å²) in [5, 5.41) is 14.4. The maximum Gasteiger partial charge on any atom is 0.166 e. The van der Waals surface area contributed by atoms with E-state index in [0.717, 1.165) is 49.8 Å². The summed E-state index contributed by atoms with van der Waals surface area (Å²) < 4.78 is 1.93. The van der Waals surface area contributed by atoms with E-state index in [0.29, 0.717) is 6.42 Å². The fraction of sp³-hybridized carbons (Fsp3) is 0.692. The molecule has 17 heavy (non-hydrogen) atoms. The zero-order valence-electron chi connectivity index (χ0n) is 9.93. The first-order valence-corrected chi connectivity index (χ1v) is 6.55. The maximum atomic E-state index is 11.7. The Morgan fingerprint density at radius 3 is 2.88 bits per heavy atom. The van der Waals surface area contributed by atoms with E-state index in [4.69, 9.17) is 0 Å². The number of Topliss-reactive ketones (excluding diaryl/α,β-unsaturated/α-hetero) is 1. The van der Waals surface area contributed by atoms with Crippen LogP contribution in [-0.2, 0) is 6.42 Å². The van der Waals surface area contributed by atoms with Gasteiger partial charge in [0.05, 0.1) is 23.9 Å². The number of carbonyl (C=O) groups is 1. The highest BCUT2D eigenvalue weighted by molar-refractivity contribution is 5.97. The second kappa shape index (κ2) is 4.26. The van der Waals surface area contributed by atoms with Crippen molar-refractivity contribution in [2.24, 2.45) is 0 Å². The van der Waals surface area contributed by atoms with Gasteiger partial charge in [-0.3, -0.25) is 9.48 Å². The lowest BCUT2D eigenvalue weighted by Gasteiger charge is -2.29. The molecule has 0 aromatic carbocycles. The van der Waals surface area contributed by atoms with Crippen LogP contribution in [0.2, 0.25) is 0 Å². The highest BCUT2D eigenvalue weighted by Crippen LogP contribution is 2.32. The molecule has 1 N–H and O–H groups in total. The van der Waals surface area contributed by atoms with Crippen LogP contribution in [0.1, 0.15) is 60.6 Å². The van der Waals surface area contributed by atoms with E-state index in [9.17, 15) is 9.90 Å². The summed E-state index contributed by atoms with van der Waals surface area (Å²) in [7, 11) is 0. The van der Waals surface area contributed by atoms with Crippen molar-refractivity contribution in [1.29, 1.82) is 0 Å². The van der Waals surface area contributed by atoms with Gasteiger partial charge in [-0.25, -0.2) is 0 Å². The Kier molecular flexibility index (Phi) is 2.74. The SMILES string of the molecule is O=C1CCCc2c1cnn2C1CCCCC1O. The molecule has 1 aromatic rings. The van der Waals surface area contributed by atoms with E-state index in [1.807, 2.05) is 4.68 Å². The van der Waals surface area contributed by atoms with Gasteiger partial charge in [-0.15, -0.1) is 0 Å². The third kappa shape index (κ3) is 1.80. The smallest absolute Gasteiger partial charge is 0.166 e. The van der Waals surface area contributed by atoms with Gasteiger partial charge in [-0.2, -0.15) is 5.10 Å². The van der Waals surface area contributed by atoms with E-state index < -0.39 is 0 Å². The number of aliphatic hydroxyl groups is 1. The molecule has 0 bridgehead atoms. The fourth-order valence-electron chi connectivity index (χ4n) is 3.08. The average molecular weight is 234 g/mol. The number of hydrogen-bond donors (Lipinski definition) is 1. The molecule has 4 nitrogen and oxygen atoms in total. The van der Waals surface area contributed by atoms with Crippen molar-refractivity contribution in [1.82, 2.24) is 9.78 Å². The van der Waals surface area contributed by atoms with Crippen molar-refractivity contribution >= 4 is 5.78 Å². The lowest BCUT2D eigenvalue weighted by Crippen LogP contribution is -2.30. The largest absolute Gasteiger partial charge is 0.391 e. The molecule has 2 aliphatic carbocycles. The number of aliphatic hydroxyl groups excluding tert-OH is 1. The molecule has 3 rings (SSSR count). The van der Waals surface area contributed by atoms with Crippen LogP contribution >= 0.6 is 0 Å². The molecule has 2 unspecified atom stereocenters. The maximum absolute atomic E-state index is 11.7. The van der Waals surface area contributed by atoms with Gasteiger partial charge in [-0.05, 0) is 25.7 Å². The third-order valence-corrected chi connectivity index (χ3v) is 4.02. The normalized spacial score (nSPS) is 29.1. The Labute approximate surface area is 101 Å². The summed E-state index contributed by atoms with van der Waals surface area (Å²) in [6, 6.07) is 0.0819. The third-order valence-electron chi connectivity index (χ3n) is 4.02. The van der Waals surface area contributed by atoms with Crippen molar-refractivity contribution in [2.45, 2.75) is 57.1 Å². The summed E-state index contributed by atoms with van der Waals surface area (Å²) in [5.41, 5.74) is 1.83. The van der Waals surface area contributed by atoms with Gasteiger partial charge in [0.2, 0.25) is 0 Å². The summed E-state index contributed by atoms with van der Waals surface area (Å²) in [6.07, 6.45) is 7.94. The van der Waals surface area contributed by atoms with Gasteiger partial charge in [0.15, 0.2) is 5.78 Å². The molecule has 1 fully saturated rings. The molecular weight excluding hydrogens is 216 g/mol. The molecule has 0 amide bonds. The zero-order valence-corrected chi connectivity index (χ0v) is 9.93. The highest BCUT2D eigenvalue weighted by atomic mass is 16.3. The Morgan fingerprint density at radius 1 is 1.24 bits per heavy atom. The molecular formula is C13H18N2O2. The molecule has 0 aliphatic heterocycles. The van der Waals surface area contributed by atoms with E-state index in [1.165, 1.54) is 0 Å². The quantitative estimate of drug-likeness (QED) is 0.807. The minimum absolute atomic E-state index is 0.0819. The first kappa shape index (κ1) is 11.0. The molecule has 1 aromatic heterocycles. The van der Waals surface area contributed by atoms with E-state index in [2.05, 4.69) is 5.10 Å². The van der Waals surface area contributed by atoms with Crippen molar-refractivity contribution in [3.8, 4) is 0 Å². The number of rotatable bonds is 1. The number of fused-ring (bicyclic) bond motifs is 1. The van der Waals surface area contributed by atoms with Gasteiger partial charge in [0.1, 0.15) is 0 Å². The van der Waals surface area contributed by atoms with Gasteiger partial charge in [0, 0.05) is 12.1 Å². The summed E-state index contributed by atoms with van der Waals surface area (Å²) in [5.74, 6) is 0.211. The predicted molar refractivity (Wildman–Crippen MR) is 63.0 cm³/mol. The molecule has 1 heterocycles. The van der Waals surface area contributed by atoms with Crippen molar-refractivity contribution < 1.29 is 9.90 Å². The number of carbonyl (C=O) groups excluding carboxylic acids is 1. The molecule has 0 saturated heterocycles. The standard InChI is InChI=1S/C13H18N2O2/c16-12-7-3-5-10-9(12)8-14-15(10)11-4-1-2-6-13(11)17/h8,11,13,17H,1-7H2. The molecule has 2 aliphatic rings. The topological polar surface area (TPSA) is 55.1 Å². The lowest BCUT2D eigenvalue weighted by atomic mass is 9.91. The van der Waals surface area contributed by atoms with Crippen molar-refractivity contribution in [3.05, 3.63) is 17.5 Å². The average Bonchev–Trinajstić information content (AvgIpc) is 2.75. The predicted octanol–water partition coefficient (Wildman–Crippen LogP) is 1.88. The van der Waals surface area contributed by atoms with Crippen LogP contribution in [0.3, 0.4) is 0 Å². The lowest BCUT2D eigenvalue weighted by molar-refractivity contribution is 0.0674. The Bertz CT molecular complexity index is 439. The van der Waals surface area contributed by atoms with Gasteiger partial charge < -0.3 is 5.11 Å². The Balaban J connectivity index is 1.95. The van der Waals surface area contributed by atoms with Crippen LogP contribution in [0, 0.1) is 0 Å².